The number of aromatic amines is 1. The average molecular weight is 270 g/mol. The number of nitrogens with one attached hydrogen (secondary N) is 1. The molecule has 3 aromatic rings. The van der Waals surface area contributed by atoms with Crippen LogP contribution in [0.3, 0.4) is 0 Å². The van der Waals surface area contributed by atoms with Crippen molar-refractivity contribution in [2.24, 2.45) is 0 Å². The van der Waals surface area contributed by atoms with E-state index in [9.17, 15) is 4.79 Å². The average Bonchev–Trinajstić information content (AvgIpc) is 2.84. The topological polar surface area (TPSA) is 45.8 Å². The number of benzene rings is 1. The second-order valence-corrected chi connectivity index (χ2v) is 5.70. The maximum absolute atomic E-state index is 11.9. The summed E-state index contributed by atoms with van der Waals surface area (Å²) in [5.74, 6) is 0.512. The van der Waals surface area contributed by atoms with E-state index >= 15 is 0 Å². The maximum Gasteiger partial charge on any atom is 0.260 e. The Bertz CT molecular complexity index is 769. The highest BCUT2D eigenvalue weighted by Gasteiger charge is 2.10. The van der Waals surface area contributed by atoms with Crippen LogP contribution in [0.1, 0.15) is 25.3 Å². The summed E-state index contributed by atoms with van der Waals surface area (Å²) < 4.78 is 0. The standard InChI is InChI=1S/C15H14N2OS/c1-9(2)10-3-5-11(6-4-10)12-7-19-15-13(12)14(18)16-8-17-15/h3-9H,1-2H3,(H,16,17,18). The molecule has 0 saturated heterocycles. The summed E-state index contributed by atoms with van der Waals surface area (Å²) in [5.41, 5.74) is 3.25. The number of aromatic nitrogens is 2. The maximum atomic E-state index is 11.9. The number of hydrogen-bond donors (Lipinski definition) is 1. The van der Waals surface area contributed by atoms with Crippen LogP contribution < -0.4 is 5.56 Å². The first-order chi connectivity index (χ1) is 9.16. The molecular formula is C15H14N2OS. The minimum absolute atomic E-state index is 0.0748. The zero-order valence-electron chi connectivity index (χ0n) is 10.8. The van der Waals surface area contributed by atoms with Gasteiger partial charge in [0.2, 0.25) is 0 Å². The molecule has 0 radical (unpaired) electrons. The highest BCUT2D eigenvalue weighted by molar-refractivity contribution is 7.17. The van der Waals surface area contributed by atoms with Crippen LogP contribution in [0.5, 0.6) is 0 Å². The van der Waals surface area contributed by atoms with Gasteiger partial charge in [-0.2, -0.15) is 0 Å². The molecule has 0 atom stereocenters. The van der Waals surface area contributed by atoms with Gasteiger partial charge in [0.25, 0.3) is 5.56 Å². The van der Waals surface area contributed by atoms with Crippen LogP contribution in [0.15, 0.2) is 40.8 Å². The molecule has 1 aromatic carbocycles. The number of rotatable bonds is 2. The van der Waals surface area contributed by atoms with Gasteiger partial charge in [0.15, 0.2) is 0 Å². The summed E-state index contributed by atoms with van der Waals surface area (Å²) in [6.07, 6.45) is 1.45. The molecule has 0 saturated carbocycles. The van der Waals surface area contributed by atoms with Crippen LogP contribution in [0.2, 0.25) is 0 Å². The lowest BCUT2D eigenvalue weighted by atomic mass is 9.99. The molecule has 3 nitrogen and oxygen atoms in total. The lowest BCUT2D eigenvalue weighted by molar-refractivity contribution is 0.867. The molecule has 2 heterocycles. The highest BCUT2D eigenvalue weighted by Crippen LogP contribution is 2.31. The zero-order chi connectivity index (χ0) is 13.4. The van der Waals surface area contributed by atoms with Crippen molar-refractivity contribution in [3.05, 3.63) is 51.9 Å². The smallest absolute Gasteiger partial charge is 0.260 e. The first-order valence-corrected chi connectivity index (χ1v) is 7.10. The molecule has 0 fully saturated rings. The van der Waals surface area contributed by atoms with Gasteiger partial charge < -0.3 is 4.98 Å². The Hall–Kier alpha value is -1.94. The van der Waals surface area contributed by atoms with Crippen LogP contribution in [0.4, 0.5) is 0 Å². The number of thiophene rings is 1. The van der Waals surface area contributed by atoms with Crippen LogP contribution in [0, 0.1) is 0 Å². The first-order valence-electron chi connectivity index (χ1n) is 6.22. The third-order valence-corrected chi connectivity index (χ3v) is 4.15. The quantitative estimate of drug-likeness (QED) is 0.770. The van der Waals surface area contributed by atoms with Crippen molar-refractivity contribution in [2.45, 2.75) is 19.8 Å². The van der Waals surface area contributed by atoms with E-state index in [0.29, 0.717) is 11.3 Å². The zero-order valence-corrected chi connectivity index (χ0v) is 11.6. The second kappa shape index (κ2) is 4.63. The van der Waals surface area contributed by atoms with Gasteiger partial charge in [0.05, 0.1) is 11.7 Å². The Kier molecular flexibility index (Phi) is 2.95. The van der Waals surface area contributed by atoms with Crippen molar-refractivity contribution >= 4 is 21.6 Å². The van der Waals surface area contributed by atoms with Gasteiger partial charge >= 0.3 is 0 Å². The number of hydrogen-bond acceptors (Lipinski definition) is 3. The molecule has 96 valence electrons. The molecule has 0 unspecified atom stereocenters. The molecule has 0 amide bonds. The molecule has 2 aromatic heterocycles. The summed E-state index contributed by atoms with van der Waals surface area (Å²) in [6.45, 7) is 4.34. The molecular weight excluding hydrogens is 256 g/mol. The second-order valence-electron chi connectivity index (χ2n) is 4.84. The van der Waals surface area contributed by atoms with E-state index in [2.05, 4.69) is 48.1 Å². The number of H-pyrrole nitrogens is 1. The largest absolute Gasteiger partial charge is 0.313 e. The minimum Gasteiger partial charge on any atom is -0.313 e. The van der Waals surface area contributed by atoms with Crippen molar-refractivity contribution in [2.75, 3.05) is 0 Å². The van der Waals surface area contributed by atoms with Crippen molar-refractivity contribution in [1.29, 1.82) is 0 Å². The lowest BCUT2D eigenvalue weighted by Crippen LogP contribution is -2.05. The molecule has 0 aliphatic carbocycles. The molecule has 1 N–H and O–H groups in total. The SMILES string of the molecule is CC(C)c1ccc(-c2csc3nc[nH]c(=O)c23)cc1. The van der Waals surface area contributed by atoms with Gasteiger partial charge in [-0.15, -0.1) is 11.3 Å². The fraction of sp³-hybridized carbons (Fsp3) is 0.200. The fourth-order valence-corrected chi connectivity index (χ4v) is 3.06. The predicted molar refractivity (Wildman–Crippen MR) is 79.8 cm³/mol. The van der Waals surface area contributed by atoms with E-state index in [0.717, 1.165) is 16.0 Å². The molecule has 19 heavy (non-hydrogen) atoms. The van der Waals surface area contributed by atoms with Gasteiger partial charge in [-0.05, 0) is 17.0 Å². The van der Waals surface area contributed by atoms with Crippen LogP contribution in [0.25, 0.3) is 21.3 Å². The van der Waals surface area contributed by atoms with Gasteiger partial charge in [-0.3, -0.25) is 4.79 Å². The molecule has 4 heteroatoms. The van der Waals surface area contributed by atoms with Gasteiger partial charge in [0.1, 0.15) is 4.83 Å². The van der Waals surface area contributed by atoms with E-state index in [4.69, 9.17) is 0 Å². The summed E-state index contributed by atoms with van der Waals surface area (Å²) in [6, 6.07) is 8.38. The Morgan fingerprint density at radius 1 is 1.21 bits per heavy atom. The monoisotopic (exact) mass is 270 g/mol. The Labute approximate surface area is 115 Å². The van der Waals surface area contributed by atoms with E-state index in [1.165, 1.54) is 23.2 Å². The number of fused-ring (bicyclic) bond motifs is 1. The minimum atomic E-state index is -0.0748. The summed E-state index contributed by atoms with van der Waals surface area (Å²) in [4.78, 5) is 19.5. The van der Waals surface area contributed by atoms with E-state index in [1.807, 2.05) is 5.38 Å². The Morgan fingerprint density at radius 3 is 2.63 bits per heavy atom. The van der Waals surface area contributed by atoms with Crippen molar-refractivity contribution in [3.63, 3.8) is 0 Å². The summed E-state index contributed by atoms with van der Waals surface area (Å²) in [7, 11) is 0. The molecule has 0 bridgehead atoms. The van der Waals surface area contributed by atoms with Gasteiger partial charge in [-0.1, -0.05) is 38.1 Å². The van der Waals surface area contributed by atoms with Gasteiger partial charge in [-0.25, -0.2) is 4.98 Å². The Balaban J connectivity index is 2.17. The third kappa shape index (κ3) is 2.08. The third-order valence-electron chi connectivity index (χ3n) is 3.26. The van der Waals surface area contributed by atoms with Crippen molar-refractivity contribution in [3.8, 4) is 11.1 Å². The van der Waals surface area contributed by atoms with Crippen LogP contribution in [-0.2, 0) is 0 Å². The van der Waals surface area contributed by atoms with E-state index < -0.39 is 0 Å². The molecule has 3 rings (SSSR count). The number of nitrogens with zero attached hydrogens (tertiary/aromatic N) is 1. The van der Waals surface area contributed by atoms with Crippen molar-refractivity contribution in [1.82, 2.24) is 9.97 Å². The first kappa shape index (κ1) is 12.1. The van der Waals surface area contributed by atoms with E-state index in [-0.39, 0.29) is 5.56 Å². The van der Waals surface area contributed by atoms with E-state index in [1.54, 1.807) is 0 Å². The summed E-state index contributed by atoms with van der Waals surface area (Å²) in [5, 5.41) is 2.68. The molecule has 0 spiro atoms. The fourth-order valence-electron chi connectivity index (χ4n) is 2.14. The predicted octanol–water partition coefficient (Wildman–Crippen LogP) is 3.78. The van der Waals surface area contributed by atoms with Crippen LogP contribution in [-0.4, -0.2) is 9.97 Å². The summed E-state index contributed by atoms with van der Waals surface area (Å²) >= 11 is 1.50. The lowest BCUT2D eigenvalue weighted by Gasteiger charge is -2.06. The highest BCUT2D eigenvalue weighted by atomic mass is 32.1. The van der Waals surface area contributed by atoms with Crippen molar-refractivity contribution < 1.29 is 0 Å². The molecule has 0 aliphatic heterocycles. The normalized spacial score (nSPS) is 11.3. The Morgan fingerprint density at radius 2 is 1.95 bits per heavy atom. The van der Waals surface area contributed by atoms with Gasteiger partial charge in [0, 0.05) is 10.9 Å². The molecule has 0 aliphatic rings. The van der Waals surface area contributed by atoms with Crippen LogP contribution >= 0.6 is 11.3 Å².